The minimum Gasteiger partial charge on any atom is -0.444 e. The highest BCUT2D eigenvalue weighted by molar-refractivity contribution is 5.74. The van der Waals surface area contributed by atoms with Crippen LogP contribution in [0.4, 0.5) is 4.79 Å². The molecule has 0 fully saturated rings. The molecule has 1 rings (SSSR count). The predicted octanol–water partition coefficient (Wildman–Crippen LogP) is 2.77. The zero-order chi connectivity index (χ0) is 12.9. The van der Waals surface area contributed by atoms with Crippen molar-refractivity contribution in [2.24, 2.45) is 0 Å². The molecule has 1 aromatic carbocycles. The van der Waals surface area contributed by atoms with Gasteiger partial charge in [0.2, 0.25) is 0 Å². The molecule has 0 aromatic heterocycles. The maximum absolute atomic E-state index is 11.4. The molecule has 0 radical (unpaired) electrons. The Kier molecular flexibility index (Phi) is 4.26. The predicted molar refractivity (Wildman–Crippen MR) is 67.0 cm³/mol. The fourth-order valence-corrected chi connectivity index (χ4v) is 1.20. The smallest absolute Gasteiger partial charge is 0.407 e. The van der Waals surface area contributed by atoms with Gasteiger partial charge in [-0.3, -0.25) is 4.79 Å². The largest absolute Gasteiger partial charge is 0.444 e. The van der Waals surface area contributed by atoms with Gasteiger partial charge < -0.3 is 10.1 Å². The molecule has 0 aliphatic heterocycles. The second-order valence-electron chi connectivity index (χ2n) is 4.71. The molecule has 0 bridgehead atoms. The van der Waals surface area contributed by atoms with Crippen molar-refractivity contribution in [1.29, 1.82) is 0 Å². The van der Waals surface area contributed by atoms with Gasteiger partial charge in [-0.25, -0.2) is 4.79 Å². The molecular weight excluding hydrogens is 218 g/mol. The van der Waals surface area contributed by atoms with Crippen molar-refractivity contribution in [2.45, 2.75) is 32.9 Å². The number of hydrogen-bond donors (Lipinski definition) is 1. The van der Waals surface area contributed by atoms with Crippen LogP contribution in [0.5, 0.6) is 0 Å². The lowest BCUT2D eigenvalue weighted by Gasteiger charge is -2.19. The minimum absolute atomic E-state index is 0. The Bertz CT molecular complexity index is 396. The summed E-state index contributed by atoms with van der Waals surface area (Å²) in [7, 11) is 0. The number of carbonyl (C=O) groups excluding carboxylic acids is 2. The number of nitrogens with one attached hydrogen (secondary N) is 1. The van der Waals surface area contributed by atoms with Gasteiger partial charge in [-0.2, -0.15) is 0 Å². The van der Waals surface area contributed by atoms with Gasteiger partial charge in [-0.05, 0) is 26.3 Å². The highest BCUT2D eigenvalue weighted by Crippen LogP contribution is 2.07. The van der Waals surface area contributed by atoms with Gasteiger partial charge in [0.15, 0.2) is 0 Å². The molecule has 0 spiro atoms. The number of carbonyl (C=O) groups is 2. The van der Waals surface area contributed by atoms with Crippen molar-refractivity contribution in [3.05, 3.63) is 35.4 Å². The number of benzene rings is 1. The van der Waals surface area contributed by atoms with Crippen molar-refractivity contribution >= 4 is 12.4 Å². The van der Waals surface area contributed by atoms with E-state index in [-0.39, 0.29) is 1.43 Å². The summed E-state index contributed by atoms with van der Waals surface area (Å²) in [5.41, 5.74) is 1.04. The molecule has 0 atom stereocenters. The molecule has 1 aromatic rings. The fraction of sp³-hybridized carbons (Fsp3) is 0.385. The van der Waals surface area contributed by atoms with Gasteiger partial charge in [0.1, 0.15) is 11.9 Å². The molecule has 1 N–H and O–H groups in total. The number of alkyl carbamates (subject to hydrolysis) is 1. The molecule has 0 heterocycles. The molecule has 94 valence electrons. The monoisotopic (exact) mass is 237 g/mol. The third-order valence-electron chi connectivity index (χ3n) is 1.95. The van der Waals surface area contributed by atoms with Crippen LogP contribution in [0.3, 0.4) is 0 Å². The zero-order valence-electron chi connectivity index (χ0n) is 10.3. The second kappa shape index (κ2) is 5.48. The summed E-state index contributed by atoms with van der Waals surface area (Å²) in [6, 6.07) is 7.00. The number of hydrogen-bond acceptors (Lipinski definition) is 3. The van der Waals surface area contributed by atoms with Gasteiger partial charge >= 0.3 is 6.09 Å². The molecule has 0 saturated heterocycles. The Labute approximate surface area is 102 Å². The average Bonchev–Trinajstić information content (AvgIpc) is 2.25. The standard InChI is InChI=1S/C13H17NO3.H2/c1-13(2,3)17-12(16)14-8-10-4-6-11(9-15)7-5-10;/h4-7,9H,8H2,1-3H3,(H,14,16);1H. The van der Waals surface area contributed by atoms with E-state index in [0.717, 1.165) is 11.8 Å². The van der Waals surface area contributed by atoms with E-state index >= 15 is 0 Å². The quantitative estimate of drug-likeness (QED) is 0.822. The van der Waals surface area contributed by atoms with Crippen LogP contribution >= 0.6 is 0 Å². The Hall–Kier alpha value is -1.84. The highest BCUT2D eigenvalue weighted by atomic mass is 16.6. The topological polar surface area (TPSA) is 55.4 Å². The first-order valence-corrected chi connectivity index (χ1v) is 5.42. The molecule has 0 unspecified atom stereocenters. The van der Waals surface area contributed by atoms with E-state index in [0.29, 0.717) is 12.1 Å². The number of ether oxygens (including phenoxy) is 1. The number of amides is 1. The first-order valence-electron chi connectivity index (χ1n) is 5.42. The third-order valence-corrected chi connectivity index (χ3v) is 1.95. The molecule has 0 saturated carbocycles. The van der Waals surface area contributed by atoms with Crippen molar-refractivity contribution in [2.75, 3.05) is 0 Å². The molecular formula is C13H19NO3. The second-order valence-corrected chi connectivity index (χ2v) is 4.71. The maximum Gasteiger partial charge on any atom is 0.407 e. The summed E-state index contributed by atoms with van der Waals surface area (Å²) in [5.74, 6) is 0. The molecule has 4 heteroatoms. The fourth-order valence-electron chi connectivity index (χ4n) is 1.20. The summed E-state index contributed by atoms with van der Waals surface area (Å²) in [6.07, 6.45) is 0.336. The van der Waals surface area contributed by atoms with Crippen molar-refractivity contribution in [3.63, 3.8) is 0 Å². The van der Waals surface area contributed by atoms with Crippen LogP contribution in [0.25, 0.3) is 0 Å². The van der Waals surface area contributed by atoms with Crippen LogP contribution in [0, 0.1) is 0 Å². The molecule has 0 aliphatic carbocycles. The highest BCUT2D eigenvalue weighted by Gasteiger charge is 2.15. The van der Waals surface area contributed by atoms with Crippen LogP contribution in [0.1, 0.15) is 38.1 Å². The van der Waals surface area contributed by atoms with Crippen molar-refractivity contribution < 1.29 is 15.8 Å². The first-order chi connectivity index (χ1) is 7.90. The minimum atomic E-state index is -0.495. The molecule has 1 amide bonds. The van der Waals surface area contributed by atoms with Crippen molar-refractivity contribution in [3.8, 4) is 0 Å². The van der Waals surface area contributed by atoms with Gasteiger partial charge in [0.25, 0.3) is 0 Å². The van der Waals surface area contributed by atoms with Gasteiger partial charge in [0.05, 0.1) is 0 Å². The SMILES string of the molecule is CC(C)(C)OC(=O)NCc1ccc(C=O)cc1.[HH]. The van der Waals surface area contributed by atoms with Crippen LogP contribution in [-0.4, -0.2) is 18.0 Å². The normalized spacial score (nSPS) is 10.8. The zero-order valence-corrected chi connectivity index (χ0v) is 10.3. The lowest BCUT2D eigenvalue weighted by atomic mass is 10.1. The summed E-state index contributed by atoms with van der Waals surface area (Å²) in [6.45, 7) is 5.82. The maximum atomic E-state index is 11.4. The van der Waals surface area contributed by atoms with E-state index in [1.165, 1.54) is 0 Å². The van der Waals surface area contributed by atoms with Crippen LogP contribution in [0.2, 0.25) is 0 Å². The number of aldehydes is 1. The Balaban J connectivity index is 0.00000289. The Morgan fingerprint density at radius 2 is 1.94 bits per heavy atom. The number of rotatable bonds is 3. The lowest BCUT2D eigenvalue weighted by molar-refractivity contribution is 0.0523. The van der Waals surface area contributed by atoms with E-state index in [1.807, 2.05) is 20.8 Å². The van der Waals surface area contributed by atoms with E-state index in [1.54, 1.807) is 24.3 Å². The van der Waals surface area contributed by atoms with Gasteiger partial charge in [-0.15, -0.1) is 0 Å². The van der Waals surface area contributed by atoms with E-state index in [4.69, 9.17) is 4.74 Å². The van der Waals surface area contributed by atoms with Crippen molar-refractivity contribution in [1.82, 2.24) is 5.32 Å². The summed E-state index contributed by atoms with van der Waals surface area (Å²) < 4.78 is 5.10. The summed E-state index contributed by atoms with van der Waals surface area (Å²) in [5, 5.41) is 2.64. The van der Waals surface area contributed by atoms with Crippen LogP contribution < -0.4 is 5.32 Å². The molecule has 17 heavy (non-hydrogen) atoms. The van der Waals surface area contributed by atoms with E-state index in [9.17, 15) is 9.59 Å². The van der Waals surface area contributed by atoms with E-state index in [2.05, 4.69) is 5.32 Å². The van der Waals surface area contributed by atoms with Gasteiger partial charge in [0, 0.05) is 13.5 Å². The third kappa shape index (κ3) is 5.15. The summed E-state index contributed by atoms with van der Waals surface area (Å²) in [4.78, 5) is 21.8. The van der Waals surface area contributed by atoms with Crippen LogP contribution in [0.15, 0.2) is 24.3 Å². The summed E-state index contributed by atoms with van der Waals surface area (Å²) >= 11 is 0. The Morgan fingerprint density at radius 3 is 2.41 bits per heavy atom. The average molecular weight is 237 g/mol. The van der Waals surface area contributed by atoms with Gasteiger partial charge in [-0.1, -0.05) is 24.3 Å². The van der Waals surface area contributed by atoms with E-state index < -0.39 is 11.7 Å². The lowest BCUT2D eigenvalue weighted by Crippen LogP contribution is -2.32. The molecule has 0 aliphatic rings. The van der Waals surface area contributed by atoms with Crippen LogP contribution in [-0.2, 0) is 11.3 Å². The first kappa shape index (κ1) is 13.2. The molecule has 4 nitrogen and oxygen atoms in total. The Morgan fingerprint density at radius 1 is 1.35 bits per heavy atom.